The highest BCUT2D eigenvalue weighted by molar-refractivity contribution is 5.54. The van der Waals surface area contributed by atoms with Gasteiger partial charge in [-0.1, -0.05) is 17.8 Å². The smallest absolute Gasteiger partial charge is 0.243 e. The second-order valence-electron chi connectivity index (χ2n) is 2.40. The third-order valence-electron chi connectivity index (χ3n) is 1.50. The lowest BCUT2D eigenvalue weighted by atomic mass is 10.3. The van der Waals surface area contributed by atoms with Crippen LogP contribution in [0.4, 0.5) is 8.87 Å². The molecule has 0 aromatic rings. The summed E-state index contributed by atoms with van der Waals surface area (Å²) in [5.74, 6) is 0. The van der Waals surface area contributed by atoms with E-state index in [1.807, 2.05) is 6.92 Å². The first-order chi connectivity index (χ1) is 5.25. The van der Waals surface area contributed by atoms with Crippen molar-refractivity contribution in [3.05, 3.63) is 0 Å². The molecule has 3 nitrogen and oxygen atoms in total. The molecule has 0 spiro atoms. The Morgan fingerprint density at radius 3 is 2.82 bits per heavy atom. The SMILES string of the molecule is CCCCN1N=CN(F)C1F. The summed E-state index contributed by atoms with van der Waals surface area (Å²) in [7, 11) is 0. The van der Waals surface area contributed by atoms with E-state index in [2.05, 4.69) is 5.10 Å². The van der Waals surface area contributed by atoms with Gasteiger partial charge in [0.1, 0.15) is 6.34 Å². The highest BCUT2D eigenvalue weighted by atomic mass is 19.2. The monoisotopic (exact) mass is 163 g/mol. The fourth-order valence-corrected chi connectivity index (χ4v) is 0.837. The van der Waals surface area contributed by atoms with Gasteiger partial charge in [-0.05, 0) is 6.42 Å². The minimum Gasteiger partial charge on any atom is -0.243 e. The van der Waals surface area contributed by atoms with Gasteiger partial charge in [0.15, 0.2) is 0 Å². The Morgan fingerprint density at radius 2 is 2.36 bits per heavy atom. The van der Waals surface area contributed by atoms with Crippen LogP contribution >= 0.6 is 0 Å². The number of hydrazone groups is 1. The Labute approximate surface area is 64.2 Å². The molecule has 11 heavy (non-hydrogen) atoms. The summed E-state index contributed by atoms with van der Waals surface area (Å²) in [4.78, 5) is 0. The average Bonchev–Trinajstić information content (AvgIpc) is 2.31. The molecule has 0 aromatic carbocycles. The van der Waals surface area contributed by atoms with Gasteiger partial charge in [0.2, 0.25) is 0 Å². The van der Waals surface area contributed by atoms with Crippen LogP contribution in [0.15, 0.2) is 5.10 Å². The molecule has 1 aliphatic heterocycles. The molecule has 1 rings (SSSR count). The molecule has 0 aliphatic carbocycles. The highest BCUT2D eigenvalue weighted by Gasteiger charge is 2.26. The van der Waals surface area contributed by atoms with Gasteiger partial charge in [0.25, 0.3) is 6.42 Å². The van der Waals surface area contributed by atoms with Crippen LogP contribution in [0.25, 0.3) is 0 Å². The maximum atomic E-state index is 12.7. The lowest BCUT2D eigenvalue weighted by Gasteiger charge is -2.17. The van der Waals surface area contributed by atoms with Gasteiger partial charge in [-0.25, -0.2) is 5.01 Å². The topological polar surface area (TPSA) is 18.8 Å². The van der Waals surface area contributed by atoms with E-state index in [1.54, 1.807) is 0 Å². The number of hydrogen-bond donors (Lipinski definition) is 0. The van der Waals surface area contributed by atoms with E-state index >= 15 is 0 Å². The van der Waals surface area contributed by atoms with Crippen LogP contribution in [-0.4, -0.2) is 29.4 Å². The van der Waals surface area contributed by atoms with Gasteiger partial charge in [-0.3, -0.25) is 0 Å². The zero-order valence-corrected chi connectivity index (χ0v) is 6.37. The van der Waals surface area contributed by atoms with Crippen LogP contribution in [0.5, 0.6) is 0 Å². The van der Waals surface area contributed by atoms with Crippen molar-refractivity contribution in [2.45, 2.75) is 26.2 Å². The van der Waals surface area contributed by atoms with Crippen molar-refractivity contribution in [2.24, 2.45) is 5.10 Å². The number of halogens is 2. The number of nitrogens with zero attached hydrogens (tertiary/aromatic N) is 3. The van der Waals surface area contributed by atoms with E-state index in [0.717, 1.165) is 24.2 Å². The van der Waals surface area contributed by atoms with Gasteiger partial charge in [0.05, 0.1) is 0 Å². The summed E-state index contributed by atoms with van der Waals surface area (Å²) in [6.07, 6.45) is 0.901. The Bertz CT molecular complexity index is 151. The van der Waals surface area contributed by atoms with E-state index in [4.69, 9.17) is 0 Å². The number of alkyl halides is 1. The molecule has 0 amide bonds. The molecule has 0 N–H and O–H groups in total. The quantitative estimate of drug-likeness (QED) is 0.463. The van der Waals surface area contributed by atoms with Crippen LogP contribution in [0.3, 0.4) is 0 Å². The second-order valence-corrected chi connectivity index (χ2v) is 2.40. The predicted molar refractivity (Wildman–Crippen MR) is 37.9 cm³/mol. The molecule has 0 aromatic heterocycles. The van der Waals surface area contributed by atoms with Crippen molar-refractivity contribution in [1.29, 1.82) is 0 Å². The first kappa shape index (κ1) is 8.23. The van der Waals surface area contributed by atoms with E-state index < -0.39 is 6.42 Å². The molecule has 0 radical (unpaired) electrons. The zero-order valence-electron chi connectivity index (χ0n) is 6.37. The Balaban J connectivity index is 2.31. The van der Waals surface area contributed by atoms with Gasteiger partial charge in [-0.15, -0.1) is 5.12 Å². The summed E-state index contributed by atoms with van der Waals surface area (Å²) in [5, 5.41) is 4.56. The lowest BCUT2D eigenvalue weighted by molar-refractivity contribution is -0.0763. The van der Waals surface area contributed by atoms with Gasteiger partial charge >= 0.3 is 0 Å². The fourth-order valence-electron chi connectivity index (χ4n) is 0.837. The van der Waals surface area contributed by atoms with Crippen LogP contribution in [0.2, 0.25) is 0 Å². The molecular formula is C6H11F2N3. The minimum absolute atomic E-state index is 0.0460. The summed E-state index contributed by atoms with van der Waals surface area (Å²) in [6, 6.07) is 0. The first-order valence-electron chi connectivity index (χ1n) is 3.64. The van der Waals surface area contributed by atoms with Crippen LogP contribution < -0.4 is 0 Å². The standard InChI is InChI=1S/C6H11F2N3/c1-2-3-4-11-6(7)10(8)5-9-11/h5-6H,2-4H2,1H3. The van der Waals surface area contributed by atoms with Crippen molar-refractivity contribution in [3.8, 4) is 0 Å². The van der Waals surface area contributed by atoms with Gasteiger partial charge in [0, 0.05) is 6.54 Å². The number of unbranched alkanes of at least 4 members (excludes halogenated alkanes) is 1. The summed E-state index contributed by atoms with van der Waals surface area (Å²) in [6.45, 7) is 2.45. The molecule has 0 saturated heterocycles. The van der Waals surface area contributed by atoms with Crippen molar-refractivity contribution in [3.63, 3.8) is 0 Å². The molecule has 1 aliphatic rings. The zero-order chi connectivity index (χ0) is 8.27. The molecular weight excluding hydrogens is 152 g/mol. The summed E-state index contributed by atoms with van der Waals surface area (Å²) in [5.41, 5.74) is 0. The number of rotatable bonds is 3. The third-order valence-corrected chi connectivity index (χ3v) is 1.50. The van der Waals surface area contributed by atoms with Gasteiger partial charge < -0.3 is 0 Å². The van der Waals surface area contributed by atoms with Crippen molar-refractivity contribution < 1.29 is 8.87 Å². The molecule has 0 fully saturated rings. The third kappa shape index (κ3) is 1.78. The molecule has 1 heterocycles. The minimum atomic E-state index is -1.72. The predicted octanol–water partition coefficient (Wildman–Crippen LogP) is 1.49. The van der Waals surface area contributed by atoms with Crippen LogP contribution in [0.1, 0.15) is 19.8 Å². The molecule has 1 unspecified atom stereocenters. The van der Waals surface area contributed by atoms with Crippen LogP contribution in [-0.2, 0) is 0 Å². The van der Waals surface area contributed by atoms with Crippen LogP contribution in [0, 0.1) is 0 Å². The van der Waals surface area contributed by atoms with Crippen molar-refractivity contribution in [1.82, 2.24) is 10.1 Å². The van der Waals surface area contributed by atoms with E-state index in [0.29, 0.717) is 6.54 Å². The fraction of sp³-hybridized carbons (Fsp3) is 0.833. The van der Waals surface area contributed by atoms with Crippen molar-refractivity contribution >= 4 is 6.34 Å². The largest absolute Gasteiger partial charge is 0.291 e. The maximum Gasteiger partial charge on any atom is 0.291 e. The average molecular weight is 163 g/mol. The van der Waals surface area contributed by atoms with Gasteiger partial charge in [-0.2, -0.15) is 9.49 Å². The number of hydrogen-bond acceptors (Lipinski definition) is 3. The summed E-state index contributed by atoms with van der Waals surface area (Å²) >= 11 is 0. The molecule has 0 bridgehead atoms. The molecule has 1 atom stereocenters. The van der Waals surface area contributed by atoms with E-state index in [9.17, 15) is 8.87 Å². The summed E-state index contributed by atoms with van der Waals surface area (Å²) < 4.78 is 24.9. The maximum absolute atomic E-state index is 12.7. The molecule has 0 saturated carbocycles. The van der Waals surface area contributed by atoms with E-state index in [1.165, 1.54) is 0 Å². The highest BCUT2D eigenvalue weighted by Crippen LogP contribution is 2.14. The van der Waals surface area contributed by atoms with E-state index in [-0.39, 0.29) is 5.12 Å². The first-order valence-corrected chi connectivity index (χ1v) is 3.64. The van der Waals surface area contributed by atoms with Crippen molar-refractivity contribution in [2.75, 3.05) is 6.54 Å². The Morgan fingerprint density at radius 1 is 1.64 bits per heavy atom. The molecule has 5 heteroatoms. The molecule has 64 valence electrons. The Hall–Kier alpha value is -0.870. The second kappa shape index (κ2) is 3.50. The normalized spacial score (nSPS) is 23.4. The lowest BCUT2D eigenvalue weighted by Crippen LogP contribution is -2.31. The Kier molecular flexibility index (Phi) is 2.62.